The van der Waals surface area contributed by atoms with Gasteiger partial charge < -0.3 is 5.32 Å². The molecule has 0 aliphatic rings. The number of nitrogens with one attached hydrogen (secondary N) is 1. The summed E-state index contributed by atoms with van der Waals surface area (Å²) in [5.41, 5.74) is 0.489. The summed E-state index contributed by atoms with van der Waals surface area (Å²) in [6.07, 6.45) is 3.05. The summed E-state index contributed by atoms with van der Waals surface area (Å²) >= 11 is 0. The molecular weight excluding hydrogens is 256 g/mol. The fraction of sp³-hybridized carbons (Fsp3) is 0.500. The van der Waals surface area contributed by atoms with Gasteiger partial charge in [-0.3, -0.25) is 10.1 Å². The van der Waals surface area contributed by atoms with Gasteiger partial charge in [0.2, 0.25) is 5.82 Å². The van der Waals surface area contributed by atoms with Crippen LogP contribution in [0.4, 0.5) is 11.5 Å². The second-order valence-corrected chi connectivity index (χ2v) is 6.55. The Balaban J connectivity index is 2.83. The van der Waals surface area contributed by atoms with E-state index in [-0.39, 0.29) is 11.5 Å². The topological polar surface area (TPSA) is 97.5 Å². The maximum absolute atomic E-state index is 11.7. The molecule has 0 bridgehead atoms. The van der Waals surface area contributed by atoms with Crippen molar-refractivity contribution in [1.82, 2.24) is 4.98 Å². The number of anilines is 1. The van der Waals surface area contributed by atoms with E-state index >= 15 is 0 Å². The van der Waals surface area contributed by atoms with Crippen molar-refractivity contribution in [3.05, 3.63) is 27.9 Å². The number of nitrogens with zero attached hydrogens (tertiary/aromatic N) is 3. The standard InChI is InChI=1S/C10H16N4O3S/c1-8-4-5-12-10(9(8)14(15)16)13-6-7-18(3,17)11-2/h4-5H,6-7H2,1-3H3,(H,12,13). The smallest absolute Gasteiger partial charge is 0.314 e. The highest BCUT2D eigenvalue weighted by atomic mass is 32.2. The van der Waals surface area contributed by atoms with Crippen molar-refractivity contribution in [1.29, 1.82) is 0 Å². The van der Waals surface area contributed by atoms with E-state index in [0.717, 1.165) is 0 Å². The van der Waals surface area contributed by atoms with E-state index in [4.69, 9.17) is 0 Å². The first-order chi connectivity index (χ1) is 8.37. The highest BCUT2D eigenvalue weighted by molar-refractivity contribution is 7.92. The van der Waals surface area contributed by atoms with Gasteiger partial charge in [0.05, 0.1) is 4.92 Å². The second-order valence-electron chi connectivity index (χ2n) is 3.86. The Kier molecular flexibility index (Phi) is 4.60. The molecule has 0 aliphatic heterocycles. The van der Waals surface area contributed by atoms with Gasteiger partial charge in [-0.1, -0.05) is 0 Å². The van der Waals surface area contributed by atoms with Crippen LogP contribution in [0.5, 0.6) is 0 Å². The minimum absolute atomic E-state index is 0.0476. The average Bonchev–Trinajstić information content (AvgIpc) is 2.28. The largest absolute Gasteiger partial charge is 0.363 e. The maximum Gasteiger partial charge on any atom is 0.314 e. The molecule has 8 heteroatoms. The molecule has 1 aromatic heterocycles. The molecule has 0 radical (unpaired) electrons. The van der Waals surface area contributed by atoms with E-state index < -0.39 is 14.7 Å². The molecule has 18 heavy (non-hydrogen) atoms. The molecule has 0 amide bonds. The van der Waals surface area contributed by atoms with Crippen LogP contribution in [0.25, 0.3) is 0 Å². The molecule has 1 heterocycles. The maximum atomic E-state index is 11.7. The van der Waals surface area contributed by atoms with Crippen LogP contribution in [0.15, 0.2) is 16.6 Å². The van der Waals surface area contributed by atoms with Crippen LogP contribution >= 0.6 is 0 Å². The fourth-order valence-electron chi connectivity index (χ4n) is 1.36. The predicted octanol–water partition coefficient (Wildman–Crippen LogP) is 1.44. The lowest BCUT2D eigenvalue weighted by atomic mass is 10.2. The summed E-state index contributed by atoms with van der Waals surface area (Å²) in [4.78, 5) is 14.4. The fourth-order valence-corrected chi connectivity index (χ4v) is 2.02. The van der Waals surface area contributed by atoms with E-state index in [1.165, 1.54) is 13.2 Å². The van der Waals surface area contributed by atoms with Gasteiger partial charge in [0.1, 0.15) is 0 Å². The summed E-state index contributed by atoms with van der Waals surface area (Å²) in [5.74, 6) is 0.516. The second kappa shape index (κ2) is 5.76. The Morgan fingerprint density at radius 3 is 2.83 bits per heavy atom. The lowest BCUT2D eigenvalue weighted by Crippen LogP contribution is -2.15. The van der Waals surface area contributed by atoms with Crippen molar-refractivity contribution in [3.8, 4) is 0 Å². The lowest BCUT2D eigenvalue weighted by molar-refractivity contribution is -0.384. The molecule has 1 rings (SSSR count). The van der Waals surface area contributed by atoms with Gasteiger partial charge >= 0.3 is 5.69 Å². The SMILES string of the molecule is CN=S(C)(=O)CCNc1nccc(C)c1[N+](=O)[O-]. The third-order valence-electron chi connectivity index (χ3n) is 2.47. The summed E-state index contributed by atoms with van der Waals surface area (Å²) in [6, 6.07) is 1.58. The minimum Gasteiger partial charge on any atom is -0.363 e. The van der Waals surface area contributed by atoms with Crippen LogP contribution in [0.1, 0.15) is 5.56 Å². The number of pyridine rings is 1. The first-order valence-electron chi connectivity index (χ1n) is 5.29. The molecule has 0 spiro atoms. The first-order valence-corrected chi connectivity index (χ1v) is 7.38. The zero-order valence-corrected chi connectivity index (χ0v) is 11.4. The number of hydrogen-bond donors (Lipinski definition) is 1. The predicted molar refractivity (Wildman–Crippen MR) is 71.4 cm³/mol. The molecule has 0 saturated heterocycles. The highest BCUT2D eigenvalue weighted by Crippen LogP contribution is 2.25. The molecule has 1 N–H and O–H groups in total. The molecular formula is C10H16N4O3S. The van der Waals surface area contributed by atoms with Crippen molar-refractivity contribution >= 4 is 21.2 Å². The van der Waals surface area contributed by atoms with Crippen LogP contribution in [-0.4, -0.2) is 39.7 Å². The Labute approximate surface area is 106 Å². The molecule has 0 fully saturated rings. The molecule has 100 valence electrons. The van der Waals surface area contributed by atoms with Gasteiger partial charge in [-0.2, -0.15) is 0 Å². The Hall–Kier alpha value is -1.70. The van der Waals surface area contributed by atoms with E-state index in [1.807, 2.05) is 0 Å². The third kappa shape index (κ3) is 3.66. The van der Waals surface area contributed by atoms with Crippen molar-refractivity contribution in [2.45, 2.75) is 6.92 Å². The molecule has 1 aromatic rings. The number of hydrogen-bond acceptors (Lipinski definition) is 6. The van der Waals surface area contributed by atoms with Gasteiger partial charge in [0, 0.05) is 47.1 Å². The van der Waals surface area contributed by atoms with Crippen LogP contribution in [0, 0.1) is 17.0 Å². The van der Waals surface area contributed by atoms with Crippen LogP contribution in [0.3, 0.4) is 0 Å². The quantitative estimate of drug-likeness (QED) is 0.646. The normalized spacial score (nSPS) is 13.7. The van der Waals surface area contributed by atoms with Gasteiger partial charge in [0.25, 0.3) is 0 Å². The van der Waals surface area contributed by atoms with Gasteiger partial charge in [0.15, 0.2) is 0 Å². The van der Waals surface area contributed by atoms with Crippen molar-refractivity contribution in [3.63, 3.8) is 0 Å². The van der Waals surface area contributed by atoms with Crippen LogP contribution < -0.4 is 5.32 Å². The van der Waals surface area contributed by atoms with Crippen LogP contribution in [0.2, 0.25) is 0 Å². The third-order valence-corrected chi connectivity index (χ3v) is 4.20. The molecule has 1 atom stereocenters. The number of aromatic nitrogens is 1. The Bertz CT molecular complexity index is 564. The number of nitro groups is 1. The summed E-state index contributed by atoms with van der Waals surface area (Å²) in [5, 5.41) is 13.7. The number of rotatable bonds is 5. The highest BCUT2D eigenvalue weighted by Gasteiger charge is 2.18. The van der Waals surface area contributed by atoms with Crippen molar-refractivity contribution < 1.29 is 9.13 Å². The monoisotopic (exact) mass is 272 g/mol. The van der Waals surface area contributed by atoms with Gasteiger partial charge in [-0.25, -0.2) is 13.6 Å². The van der Waals surface area contributed by atoms with Crippen molar-refractivity contribution in [2.24, 2.45) is 4.36 Å². The molecule has 1 unspecified atom stereocenters. The molecule has 7 nitrogen and oxygen atoms in total. The zero-order chi connectivity index (χ0) is 13.8. The van der Waals surface area contributed by atoms with Crippen molar-refractivity contribution in [2.75, 3.05) is 30.9 Å². The van der Waals surface area contributed by atoms with Gasteiger partial charge in [-0.15, -0.1) is 0 Å². The van der Waals surface area contributed by atoms with E-state index in [0.29, 0.717) is 17.9 Å². The van der Waals surface area contributed by atoms with E-state index in [9.17, 15) is 14.3 Å². The van der Waals surface area contributed by atoms with Gasteiger partial charge in [-0.05, 0) is 13.0 Å². The average molecular weight is 272 g/mol. The summed E-state index contributed by atoms with van der Waals surface area (Å²) in [7, 11) is -0.722. The lowest BCUT2D eigenvalue weighted by Gasteiger charge is -2.07. The molecule has 0 aromatic carbocycles. The summed E-state index contributed by atoms with van der Waals surface area (Å²) < 4.78 is 15.4. The first kappa shape index (κ1) is 14.4. The summed E-state index contributed by atoms with van der Waals surface area (Å²) in [6.45, 7) is 1.97. The van der Waals surface area contributed by atoms with Crippen LogP contribution in [-0.2, 0) is 9.73 Å². The number of aryl methyl sites for hydroxylation is 1. The Morgan fingerprint density at radius 2 is 2.28 bits per heavy atom. The zero-order valence-electron chi connectivity index (χ0n) is 10.5. The Morgan fingerprint density at radius 1 is 1.61 bits per heavy atom. The molecule has 0 saturated carbocycles. The van der Waals surface area contributed by atoms with E-state index in [2.05, 4.69) is 14.7 Å². The molecule has 0 aliphatic carbocycles. The van der Waals surface area contributed by atoms with E-state index in [1.54, 1.807) is 19.2 Å². The minimum atomic E-state index is -2.22.